The van der Waals surface area contributed by atoms with Crippen molar-refractivity contribution in [1.29, 1.82) is 0 Å². The first kappa shape index (κ1) is 29.6. The van der Waals surface area contributed by atoms with Crippen molar-refractivity contribution >= 4 is 55.7 Å². The molecule has 6 aromatic carbocycles. The lowest BCUT2D eigenvalue weighted by molar-refractivity contribution is 0.00578. The van der Waals surface area contributed by atoms with Gasteiger partial charge in [-0.25, -0.2) is 15.0 Å². The van der Waals surface area contributed by atoms with Crippen LogP contribution in [-0.2, 0) is 9.31 Å². The van der Waals surface area contributed by atoms with Gasteiger partial charge in [0.05, 0.1) is 11.2 Å². The molecule has 1 aliphatic rings. The first-order valence-corrected chi connectivity index (χ1v) is 16.7. The van der Waals surface area contributed by atoms with Gasteiger partial charge < -0.3 is 9.31 Å². The molecule has 8 aromatic rings. The molecule has 0 saturated carbocycles. The van der Waals surface area contributed by atoms with Crippen LogP contribution in [0.15, 0.2) is 128 Å². The lowest BCUT2D eigenvalue weighted by atomic mass is 9.72. The van der Waals surface area contributed by atoms with E-state index in [4.69, 9.17) is 24.3 Å². The zero-order valence-electron chi connectivity index (χ0n) is 27.8. The maximum Gasteiger partial charge on any atom is 0.496 e. The summed E-state index contributed by atoms with van der Waals surface area (Å²) in [7, 11) is -0.544. The first-order valence-electron chi connectivity index (χ1n) is 16.7. The summed E-state index contributed by atoms with van der Waals surface area (Å²) in [4.78, 5) is 20.0. The fourth-order valence-electron chi connectivity index (χ4n) is 7.09. The van der Waals surface area contributed by atoms with Crippen molar-refractivity contribution in [1.82, 2.24) is 19.9 Å². The molecule has 6 nitrogen and oxygen atoms in total. The van der Waals surface area contributed by atoms with E-state index in [9.17, 15) is 0 Å². The minimum Gasteiger partial charge on any atom is -0.399 e. The summed E-state index contributed by atoms with van der Waals surface area (Å²) in [5, 5.41) is 8.67. The molecule has 0 unspecified atom stereocenters. The van der Waals surface area contributed by atoms with E-state index in [-0.39, 0.29) is 0 Å². The maximum atomic E-state index is 6.67. The van der Waals surface area contributed by atoms with Crippen molar-refractivity contribution in [3.63, 3.8) is 0 Å². The van der Waals surface area contributed by atoms with E-state index in [1.807, 2.05) is 12.1 Å². The quantitative estimate of drug-likeness (QED) is 0.109. The summed E-state index contributed by atoms with van der Waals surface area (Å²) in [6.45, 7) is 8.37. The summed E-state index contributed by atoms with van der Waals surface area (Å²) in [5.41, 5.74) is 2.75. The van der Waals surface area contributed by atoms with Crippen LogP contribution in [0.5, 0.6) is 0 Å². The van der Waals surface area contributed by atoms with Crippen LogP contribution in [0.2, 0.25) is 0 Å². The molecule has 7 heteroatoms. The Morgan fingerprint density at radius 2 is 1.04 bits per heavy atom. The van der Waals surface area contributed by atoms with Gasteiger partial charge in [0.25, 0.3) is 0 Å². The third-order valence-corrected chi connectivity index (χ3v) is 10.2. The van der Waals surface area contributed by atoms with Gasteiger partial charge in [-0.3, -0.25) is 4.98 Å². The molecule has 1 fully saturated rings. The van der Waals surface area contributed by atoms with Crippen LogP contribution in [0.1, 0.15) is 27.7 Å². The standard InChI is InChI=1S/C42H33BN4O2/c1-41(2)42(3,4)49-43(48-41)37-33-21-11-9-19-31(33)36(32-20-10-12-22-34(32)37)40-46-38(27-15-13-23-44-25-27)45-39(47-40)35-24-26-14-5-6-16-28(26)29-17-7-8-18-30(29)35/h5-25H,1-4H3. The lowest BCUT2D eigenvalue weighted by Gasteiger charge is -2.32. The number of benzene rings is 6. The predicted octanol–water partition coefficient (Wildman–Crippen LogP) is 9.18. The zero-order chi connectivity index (χ0) is 33.3. The van der Waals surface area contributed by atoms with Crippen molar-refractivity contribution in [2.75, 3.05) is 0 Å². The SMILES string of the molecule is CC1(C)OB(c2c3ccccc3c(-c3nc(-c4cccnc4)nc(-c4cc5ccccc5c5ccccc45)n3)c3ccccc23)OC1(C)C. The van der Waals surface area contributed by atoms with Crippen LogP contribution >= 0.6 is 0 Å². The molecule has 0 atom stereocenters. The molecule has 2 aromatic heterocycles. The van der Waals surface area contributed by atoms with Crippen LogP contribution in [0.4, 0.5) is 0 Å². The summed E-state index contributed by atoms with van der Waals surface area (Å²) >= 11 is 0. The topological polar surface area (TPSA) is 70.0 Å². The highest BCUT2D eigenvalue weighted by molar-refractivity contribution is 6.68. The maximum absolute atomic E-state index is 6.67. The van der Waals surface area contributed by atoms with Crippen LogP contribution in [0.25, 0.3) is 77.3 Å². The molecule has 9 rings (SSSR count). The number of nitrogens with zero attached hydrogens (tertiary/aromatic N) is 4. The van der Waals surface area contributed by atoms with Crippen molar-refractivity contribution in [3.8, 4) is 34.2 Å². The van der Waals surface area contributed by atoms with Gasteiger partial charge in [-0.05, 0) is 94.4 Å². The Bertz CT molecular complexity index is 2510. The Morgan fingerprint density at radius 3 is 1.67 bits per heavy atom. The minimum absolute atomic E-state index is 0.483. The highest BCUT2D eigenvalue weighted by Gasteiger charge is 2.52. The smallest absolute Gasteiger partial charge is 0.399 e. The Balaban J connectivity index is 1.36. The molecule has 0 N–H and O–H groups in total. The summed E-state index contributed by atoms with van der Waals surface area (Å²) in [6, 6.07) is 39.9. The lowest BCUT2D eigenvalue weighted by Crippen LogP contribution is -2.41. The van der Waals surface area contributed by atoms with Gasteiger partial charge in [-0.2, -0.15) is 0 Å². The van der Waals surface area contributed by atoms with Crippen LogP contribution in [-0.4, -0.2) is 38.3 Å². The minimum atomic E-state index is -0.544. The van der Waals surface area contributed by atoms with E-state index in [1.54, 1.807) is 12.4 Å². The predicted molar refractivity (Wildman–Crippen MR) is 200 cm³/mol. The number of aromatic nitrogens is 4. The van der Waals surface area contributed by atoms with E-state index in [0.717, 1.165) is 59.9 Å². The van der Waals surface area contributed by atoms with Crippen molar-refractivity contribution in [2.24, 2.45) is 0 Å². The number of hydrogen-bond donors (Lipinski definition) is 0. The molecule has 0 amide bonds. The van der Waals surface area contributed by atoms with Crippen LogP contribution in [0, 0.1) is 0 Å². The largest absolute Gasteiger partial charge is 0.496 e. The molecular weight excluding hydrogens is 603 g/mol. The van der Waals surface area contributed by atoms with E-state index in [2.05, 4.69) is 136 Å². The monoisotopic (exact) mass is 636 g/mol. The van der Waals surface area contributed by atoms with Gasteiger partial charge in [0.1, 0.15) is 0 Å². The van der Waals surface area contributed by atoms with Gasteiger partial charge in [0, 0.05) is 29.1 Å². The fraction of sp³-hybridized carbons (Fsp3) is 0.143. The average molecular weight is 637 g/mol. The molecule has 0 radical (unpaired) electrons. The molecule has 0 spiro atoms. The Hall–Kier alpha value is -5.50. The molecule has 0 bridgehead atoms. The third-order valence-electron chi connectivity index (χ3n) is 10.2. The molecule has 1 aliphatic heterocycles. The summed E-state index contributed by atoms with van der Waals surface area (Å²) < 4.78 is 13.3. The van der Waals surface area contributed by atoms with E-state index in [1.165, 1.54) is 5.39 Å². The molecule has 3 heterocycles. The highest BCUT2D eigenvalue weighted by Crippen LogP contribution is 2.41. The number of pyridine rings is 1. The van der Waals surface area contributed by atoms with Crippen molar-refractivity contribution in [2.45, 2.75) is 38.9 Å². The molecule has 0 aliphatic carbocycles. The Labute approximate surface area is 285 Å². The average Bonchev–Trinajstić information content (AvgIpc) is 3.35. The van der Waals surface area contributed by atoms with Crippen LogP contribution in [0.3, 0.4) is 0 Å². The van der Waals surface area contributed by atoms with Crippen LogP contribution < -0.4 is 5.46 Å². The van der Waals surface area contributed by atoms with Crippen molar-refractivity contribution in [3.05, 3.63) is 128 Å². The Morgan fingerprint density at radius 1 is 0.510 bits per heavy atom. The third kappa shape index (κ3) is 4.72. The second kappa shape index (κ2) is 11.0. The molecule has 236 valence electrons. The van der Waals surface area contributed by atoms with Gasteiger partial charge >= 0.3 is 7.12 Å². The highest BCUT2D eigenvalue weighted by atomic mass is 16.7. The first-order chi connectivity index (χ1) is 23.8. The number of rotatable bonds is 4. The van der Waals surface area contributed by atoms with E-state index < -0.39 is 18.3 Å². The summed E-state index contributed by atoms with van der Waals surface area (Å²) in [6.07, 6.45) is 3.57. The molecule has 1 saturated heterocycles. The zero-order valence-corrected chi connectivity index (χ0v) is 27.8. The fourth-order valence-corrected chi connectivity index (χ4v) is 7.09. The van der Waals surface area contributed by atoms with Gasteiger partial charge in [-0.1, -0.05) is 97.1 Å². The molecule has 49 heavy (non-hydrogen) atoms. The second-order valence-electron chi connectivity index (χ2n) is 13.7. The van der Waals surface area contributed by atoms with Crippen molar-refractivity contribution < 1.29 is 9.31 Å². The van der Waals surface area contributed by atoms with E-state index in [0.29, 0.717) is 17.5 Å². The Kier molecular flexibility index (Phi) is 6.66. The van der Waals surface area contributed by atoms with Gasteiger partial charge in [0.2, 0.25) is 0 Å². The normalized spacial score (nSPS) is 15.5. The molecular formula is C42H33BN4O2. The second-order valence-corrected chi connectivity index (χ2v) is 13.7. The number of fused-ring (bicyclic) bond motifs is 5. The van der Waals surface area contributed by atoms with Gasteiger partial charge in [0.15, 0.2) is 17.5 Å². The summed E-state index contributed by atoms with van der Waals surface area (Å²) in [5.74, 6) is 1.76. The van der Waals surface area contributed by atoms with Gasteiger partial charge in [-0.15, -0.1) is 0 Å². The number of hydrogen-bond acceptors (Lipinski definition) is 6. The van der Waals surface area contributed by atoms with E-state index >= 15 is 0 Å².